The number of benzene rings is 2. The van der Waals surface area contributed by atoms with Gasteiger partial charge in [0.1, 0.15) is 5.75 Å². The van der Waals surface area contributed by atoms with Gasteiger partial charge in [-0.2, -0.15) is 0 Å². The summed E-state index contributed by atoms with van der Waals surface area (Å²) in [7, 11) is 0. The van der Waals surface area contributed by atoms with Crippen molar-refractivity contribution in [3.05, 3.63) is 59.1 Å². The molecule has 27 heavy (non-hydrogen) atoms. The maximum absolute atomic E-state index is 11.9. The highest BCUT2D eigenvalue weighted by molar-refractivity contribution is 6.30. The van der Waals surface area contributed by atoms with Crippen molar-refractivity contribution in [2.24, 2.45) is 0 Å². The van der Waals surface area contributed by atoms with Crippen molar-refractivity contribution in [1.82, 2.24) is 10.6 Å². The molecule has 142 valence electrons. The van der Waals surface area contributed by atoms with Crippen molar-refractivity contribution in [2.75, 3.05) is 18.5 Å². The molecule has 0 aromatic heterocycles. The molecule has 2 aromatic carbocycles. The number of urea groups is 1. The molecule has 3 rings (SSSR count). The SMILES string of the molecule is O=C(COc1ccc(CCNC(=O)Nc2ccc(Cl)cc2)cc1)NC1CC1. The van der Waals surface area contributed by atoms with E-state index in [0.717, 1.165) is 18.4 Å². The van der Waals surface area contributed by atoms with Crippen LogP contribution in [0.15, 0.2) is 48.5 Å². The Bertz CT molecular complexity index is 774. The minimum atomic E-state index is -0.265. The monoisotopic (exact) mass is 387 g/mol. The lowest BCUT2D eigenvalue weighted by molar-refractivity contribution is -0.123. The lowest BCUT2D eigenvalue weighted by Crippen LogP contribution is -2.30. The van der Waals surface area contributed by atoms with Gasteiger partial charge in [-0.05, 0) is 61.2 Å². The van der Waals surface area contributed by atoms with Gasteiger partial charge in [-0.1, -0.05) is 23.7 Å². The Morgan fingerprint density at radius 2 is 1.74 bits per heavy atom. The van der Waals surface area contributed by atoms with Crippen LogP contribution < -0.4 is 20.7 Å². The maximum atomic E-state index is 11.9. The summed E-state index contributed by atoms with van der Waals surface area (Å²) in [5.41, 5.74) is 1.75. The summed E-state index contributed by atoms with van der Waals surface area (Å²) in [5.74, 6) is 0.565. The summed E-state index contributed by atoms with van der Waals surface area (Å²) in [6.07, 6.45) is 2.81. The summed E-state index contributed by atoms with van der Waals surface area (Å²) >= 11 is 5.81. The fourth-order valence-electron chi connectivity index (χ4n) is 2.43. The summed E-state index contributed by atoms with van der Waals surface area (Å²) in [4.78, 5) is 23.5. The van der Waals surface area contributed by atoms with E-state index in [1.54, 1.807) is 24.3 Å². The Balaban J connectivity index is 1.34. The van der Waals surface area contributed by atoms with Gasteiger partial charge in [-0.15, -0.1) is 0 Å². The van der Waals surface area contributed by atoms with Crippen LogP contribution in [0, 0.1) is 0 Å². The highest BCUT2D eigenvalue weighted by atomic mass is 35.5. The van der Waals surface area contributed by atoms with Crippen molar-refractivity contribution in [3.63, 3.8) is 0 Å². The van der Waals surface area contributed by atoms with Crippen LogP contribution in [0.3, 0.4) is 0 Å². The second-order valence-corrected chi connectivity index (χ2v) is 6.85. The topological polar surface area (TPSA) is 79.5 Å². The van der Waals surface area contributed by atoms with E-state index < -0.39 is 0 Å². The van der Waals surface area contributed by atoms with Crippen LogP contribution in [-0.2, 0) is 11.2 Å². The molecule has 2 aromatic rings. The zero-order valence-corrected chi connectivity index (χ0v) is 15.6. The molecule has 6 nitrogen and oxygen atoms in total. The van der Waals surface area contributed by atoms with Crippen molar-refractivity contribution < 1.29 is 14.3 Å². The van der Waals surface area contributed by atoms with Crippen molar-refractivity contribution >= 4 is 29.2 Å². The zero-order valence-electron chi connectivity index (χ0n) is 14.8. The quantitative estimate of drug-likeness (QED) is 0.649. The molecule has 0 bridgehead atoms. The number of hydrogen-bond donors (Lipinski definition) is 3. The van der Waals surface area contributed by atoms with Gasteiger partial charge in [0.2, 0.25) is 0 Å². The van der Waals surface area contributed by atoms with E-state index in [2.05, 4.69) is 16.0 Å². The lowest BCUT2D eigenvalue weighted by atomic mass is 10.1. The second-order valence-electron chi connectivity index (χ2n) is 6.41. The van der Waals surface area contributed by atoms with Gasteiger partial charge in [0, 0.05) is 23.3 Å². The predicted octanol–water partition coefficient (Wildman–Crippen LogP) is 3.36. The van der Waals surface area contributed by atoms with Crippen molar-refractivity contribution in [2.45, 2.75) is 25.3 Å². The Hall–Kier alpha value is -2.73. The molecule has 0 saturated heterocycles. The van der Waals surface area contributed by atoms with Gasteiger partial charge in [-0.25, -0.2) is 4.79 Å². The first-order chi connectivity index (χ1) is 13.1. The van der Waals surface area contributed by atoms with Gasteiger partial charge in [-0.3, -0.25) is 4.79 Å². The summed E-state index contributed by atoms with van der Waals surface area (Å²) in [5, 5.41) is 9.05. The number of carbonyl (C=O) groups excluding carboxylic acids is 2. The molecular weight excluding hydrogens is 366 g/mol. The van der Waals surface area contributed by atoms with E-state index >= 15 is 0 Å². The second kappa shape index (κ2) is 9.28. The first-order valence-electron chi connectivity index (χ1n) is 8.90. The average molecular weight is 388 g/mol. The van der Waals surface area contributed by atoms with E-state index in [1.807, 2.05) is 24.3 Å². The fraction of sp³-hybridized carbons (Fsp3) is 0.300. The predicted molar refractivity (Wildman–Crippen MR) is 105 cm³/mol. The molecular formula is C20H22ClN3O3. The van der Waals surface area contributed by atoms with Gasteiger partial charge < -0.3 is 20.7 Å². The number of nitrogens with one attached hydrogen (secondary N) is 3. The molecule has 7 heteroatoms. The van der Waals surface area contributed by atoms with Crippen LogP contribution in [0.5, 0.6) is 5.75 Å². The molecule has 0 aliphatic heterocycles. The molecule has 0 unspecified atom stereocenters. The molecule has 0 heterocycles. The number of rotatable bonds is 8. The number of ether oxygens (including phenoxy) is 1. The molecule has 0 radical (unpaired) electrons. The zero-order chi connectivity index (χ0) is 19.1. The van der Waals surface area contributed by atoms with E-state index in [4.69, 9.17) is 16.3 Å². The summed E-state index contributed by atoms with van der Waals surface area (Å²) < 4.78 is 5.47. The molecule has 1 fully saturated rings. The molecule has 0 spiro atoms. The number of anilines is 1. The average Bonchev–Trinajstić information content (AvgIpc) is 3.47. The maximum Gasteiger partial charge on any atom is 0.319 e. The molecule has 1 aliphatic carbocycles. The van der Waals surface area contributed by atoms with Crippen LogP contribution in [0.4, 0.5) is 10.5 Å². The molecule has 3 N–H and O–H groups in total. The van der Waals surface area contributed by atoms with Gasteiger partial charge in [0.25, 0.3) is 5.91 Å². The number of amides is 3. The first kappa shape index (κ1) is 19.0. The van der Waals surface area contributed by atoms with E-state index in [0.29, 0.717) is 35.5 Å². The highest BCUT2D eigenvalue weighted by Gasteiger charge is 2.23. The molecule has 1 saturated carbocycles. The third kappa shape index (κ3) is 6.83. The normalized spacial score (nSPS) is 12.9. The van der Waals surface area contributed by atoms with Crippen LogP contribution in [0.1, 0.15) is 18.4 Å². The molecule has 3 amide bonds. The Kier molecular flexibility index (Phi) is 6.54. The Labute approximate surface area is 163 Å². The molecule has 1 aliphatic rings. The Morgan fingerprint density at radius 3 is 2.41 bits per heavy atom. The van der Waals surface area contributed by atoms with Gasteiger partial charge in [0.05, 0.1) is 0 Å². The van der Waals surface area contributed by atoms with Crippen molar-refractivity contribution in [3.8, 4) is 5.75 Å². The van der Waals surface area contributed by atoms with E-state index in [9.17, 15) is 9.59 Å². The van der Waals surface area contributed by atoms with Crippen LogP contribution in [0.25, 0.3) is 0 Å². The summed E-state index contributed by atoms with van der Waals surface area (Å²) in [6, 6.07) is 14.5. The van der Waals surface area contributed by atoms with Gasteiger partial charge >= 0.3 is 6.03 Å². The third-order valence-corrected chi connectivity index (χ3v) is 4.29. The Morgan fingerprint density at radius 1 is 1.04 bits per heavy atom. The largest absolute Gasteiger partial charge is 0.484 e. The highest BCUT2D eigenvalue weighted by Crippen LogP contribution is 2.18. The van der Waals surface area contributed by atoms with Gasteiger partial charge in [0.15, 0.2) is 6.61 Å². The minimum absolute atomic E-state index is 0.0300. The number of carbonyl (C=O) groups is 2. The van der Waals surface area contributed by atoms with E-state index in [-0.39, 0.29) is 18.5 Å². The minimum Gasteiger partial charge on any atom is -0.484 e. The lowest BCUT2D eigenvalue weighted by Gasteiger charge is -2.09. The smallest absolute Gasteiger partial charge is 0.319 e. The van der Waals surface area contributed by atoms with Crippen LogP contribution in [0.2, 0.25) is 5.02 Å². The van der Waals surface area contributed by atoms with Crippen LogP contribution >= 0.6 is 11.6 Å². The third-order valence-electron chi connectivity index (χ3n) is 4.04. The van der Waals surface area contributed by atoms with Crippen molar-refractivity contribution in [1.29, 1.82) is 0 Å². The summed E-state index contributed by atoms with van der Waals surface area (Å²) in [6.45, 7) is 0.533. The number of halogens is 1. The van der Waals surface area contributed by atoms with Crippen LogP contribution in [-0.4, -0.2) is 31.1 Å². The molecule has 0 atom stereocenters. The standard InChI is InChI=1S/C20H22ClN3O3/c21-15-3-5-17(6-4-15)24-20(26)22-12-11-14-1-9-18(10-2-14)27-13-19(25)23-16-7-8-16/h1-6,9-10,16H,7-8,11-13H2,(H,23,25)(H2,22,24,26). The first-order valence-corrected chi connectivity index (χ1v) is 9.28. The van der Waals surface area contributed by atoms with E-state index in [1.165, 1.54) is 0 Å². The fourth-order valence-corrected chi connectivity index (χ4v) is 2.55. The number of hydrogen-bond acceptors (Lipinski definition) is 3.